The van der Waals surface area contributed by atoms with Crippen LogP contribution < -0.4 is 4.90 Å². The van der Waals surface area contributed by atoms with E-state index in [9.17, 15) is 10.1 Å². The van der Waals surface area contributed by atoms with Crippen LogP contribution in [0.5, 0.6) is 0 Å². The van der Waals surface area contributed by atoms with Gasteiger partial charge in [-0.3, -0.25) is 10.1 Å². The SMILES string of the molecule is O=[N+]([O-])c1ccc(N(CCO)C2CC2)cc1I. The second kappa shape index (κ2) is 5.18. The Morgan fingerprint density at radius 1 is 1.53 bits per heavy atom. The second-order valence-corrected chi connectivity index (χ2v) is 5.20. The van der Waals surface area contributed by atoms with Gasteiger partial charge in [0.1, 0.15) is 0 Å². The Morgan fingerprint density at radius 3 is 2.71 bits per heavy atom. The third kappa shape index (κ3) is 2.86. The number of halogens is 1. The molecule has 0 heterocycles. The maximum absolute atomic E-state index is 10.7. The predicted octanol–water partition coefficient (Wildman–Crippen LogP) is 2.16. The van der Waals surface area contributed by atoms with E-state index < -0.39 is 0 Å². The normalized spacial score (nSPS) is 14.7. The number of nitrogens with zero attached hydrogens (tertiary/aromatic N) is 2. The molecule has 0 amide bonds. The van der Waals surface area contributed by atoms with Crippen molar-refractivity contribution in [1.29, 1.82) is 0 Å². The standard InChI is InChI=1S/C11H13IN2O3/c12-10-7-9(3-4-11(10)14(16)17)13(5-6-15)8-1-2-8/h3-4,7-8,15H,1-2,5-6H2. The second-order valence-electron chi connectivity index (χ2n) is 4.04. The molecule has 17 heavy (non-hydrogen) atoms. The van der Waals surface area contributed by atoms with Crippen LogP contribution in [0.2, 0.25) is 0 Å². The van der Waals surface area contributed by atoms with Crippen molar-refractivity contribution in [2.45, 2.75) is 18.9 Å². The zero-order valence-corrected chi connectivity index (χ0v) is 11.3. The molecule has 0 saturated heterocycles. The number of anilines is 1. The molecule has 0 radical (unpaired) electrons. The molecule has 0 aromatic heterocycles. The molecule has 1 aromatic carbocycles. The summed E-state index contributed by atoms with van der Waals surface area (Å²) >= 11 is 1.98. The number of hydrogen-bond donors (Lipinski definition) is 1. The van der Waals surface area contributed by atoms with Crippen LogP contribution in [-0.2, 0) is 0 Å². The Labute approximate surface area is 113 Å². The van der Waals surface area contributed by atoms with Gasteiger partial charge in [-0.15, -0.1) is 0 Å². The zero-order valence-electron chi connectivity index (χ0n) is 9.17. The molecule has 5 nitrogen and oxygen atoms in total. The summed E-state index contributed by atoms with van der Waals surface area (Å²) in [6.45, 7) is 0.683. The van der Waals surface area contributed by atoms with Crippen LogP contribution in [0.3, 0.4) is 0 Å². The van der Waals surface area contributed by atoms with Gasteiger partial charge < -0.3 is 10.0 Å². The van der Waals surface area contributed by atoms with Crippen molar-refractivity contribution < 1.29 is 10.0 Å². The summed E-state index contributed by atoms with van der Waals surface area (Å²) in [6.07, 6.45) is 2.27. The number of aliphatic hydroxyl groups is 1. The Bertz CT molecular complexity index is 435. The van der Waals surface area contributed by atoms with Crippen molar-refractivity contribution in [3.8, 4) is 0 Å². The fourth-order valence-electron chi connectivity index (χ4n) is 1.84. The fourth-order valence-corrected chi connectivity index (χ4v) is 2.53. The molecular weight excluding hydrogens is 335 g/mol. The summed E-state index contributed by atoms with van der Waals surface area (Å²) in [5.74, 6) is 0. The van der Waals surface area contributed by atoms with Crippen LogP contribution in [0.15, 0.2) is 18.2 Å². The number of aliphatic hydroxyl groups excluding tert-OH is 1. The summed E-state index contributed by atoms with van der Waals surface area (Å²) in [5.41, 5.74) is 1.09. The summed E-state index contributed by atoms with van der Waals surface area (Å²) < 4.78 is 0.633. The minimum absolute atomic E-state index is 0.101. The van der Waals surface area contributed by atoms with Gasteiger partial charge in [0.05, 0.1) is 15.1 Å². The van der Waals surface area contributed by atoms with Crippen LogP contribution >= 0.6 is 22.6 Å². The fraction of sp³-hybridized carbons (Fsp3) is 0.455. The van der Waals surface area contributed by atoms with E-state index in [4.69, 9.17) is 5.11 Å². The van der Waals surface area contributed by atoms with Crippen LogP contribution in [-0.4, -0.2) is 29.2 Å². The number of benzene rings is 1. The van der Waals surface area contributed by atoms with Crippen molar-refractivity contribution in [2.75, 3.05) is 18.1 Å². The van der Waals surface area contributed by atoms with Gasteiger partial charge in [0, 0.05) is 24.3 Å². The number of nitro groups is 1. The molecule has 1 fully saturated rings. The van der Waals surface area contributed by atoms with Gasteiger partial charge in [-0.05, 0) is 47.6 Å². The van der Waals surface area contributed by atoms with Gasteiger partial charge >= 0.3 is 0 Å². The predicted molar refractivity (Wildman–Crippen MR) is 73.3 cm³/mol. The first-order valence-electron chi connectivity index (χ1n) is 5.45. The summed E-state index contributed by atoms with van der Waals surface area (Å²) in [6, 6.07) is 5.59. The molecule has 0 bridgehead atoms. The Balaban J connectivity index is 2.25. The van der Waals surface area contributed by atoms with Crippen molar-refractivity contribution in [1.82, 2.24) is 0 Å². The highest BCUT2D eigenvalue weighted by Gasteiger charge is 2.29. The Morgan fingerprint density at radius 2 is 2.24 bits per heavy atom. The Hall–Kier alpha value is -0.890. The van der Waals surface area contributed by atoms with E-state index in [1.165, 1.54) is 6.07 Å². The zero-order chi connectivity index (χ0) is 12.4. The molecule has 2 rings (SSSR count). The number of hydrogen-bond acceptors (Lipinski definition) is 4. The highest BCUT2D eigenvalue weighted by Crippen LogP contribution is 2.33. The van der Waals surface area contributed by atoms with E-state index in [1.807, 2.05) is 28.7 Å². The lowest BCUT2D eigenvalue weighted by Gasteiger charge is -2.23. The third-order valence-electron chi connectivity index (χ3n) is 2.79. The van der Waals surface area contributed by atoms with E-state index in [2.05, 4.69) is 4.90 Å². The molecule has 0 atom stereocenters. The first-order valence-corrected chi connectivity index (χ1v) is 6.53. The number of nitro benzene ring substituents is 1. The molecular formula is C11H13IN2O3. The maximum Gasteiger partial charge on any atom is 0.282 e. The van der Waals surface area contributed by atoms with Gasteiger partial charge in [0.15, 0.2) is 0 Å². The van der Waals surface area contributed by atoms with Gasteiger partial charge in [-0.2, -0.15) is 0 Å². The molecule has 0 unspecified atom stereocenters. The molecule has 1 aliphatic carbocycles. The lowest BCUT2D eigenvalue weighted by Crippen LogP contribution is -2.28. The molecule has 1 N–H and O–H groups in total. The highest BCUT2D eigenvalue weighted by molar-refractivity contribution is 14.1. The maximum atomic E-state index is 10.7. The van der Waals surface area contributed by atoms with Gasteiger partial charge in [0.2, 0.25) is 0 Å². The molecule has 0 spiro atoms. The van der Waals surface area contributed by atoms with Gasteiger partial charge in [-0.25, -0.2) is 0 Å². The summed E-state index contributed by atoms with van der Waals surface area (Å²) in [5, 5.41) is 19.8. The molecule has 1 saturated carbocycles. The summed E-state index contributed by atoms with van der Waals surface area (Å²) in [7, 11) is 0. The molecule has 1 aromatic rings. The van der Waals surface area contributed by atoms with Gasteiger partial charge in [0.25, 0.3) is 5.69 Å². The molecule has 1 aliphatic rings. The van der Waals surface area contributed by atoms with Crippen molar-refractivity contribution in [3.05, 3.63) is 31.9 Å². The van der Waals surface area contributed by atoms with Gasteiger partial charge in [-0.1, -0.05) is 0 Å². The van der Waals surface area contributed by atoms with Crippen molar-refractivity contribution >= 4 is 34.0 Å². The molecule has 6 heteroatoms. The van der Waals surface area contributed by atoms with Crippen LogP contribution in [0.25, 0.3) is 0 Å². The lowest BCUT2D eigenvalue weighted by atomic mass is 10.2. The topological polar surface area (TPSA) is 66.6 Å². The van der Waals surface area contributed by atoms with E-state index in [0.717, 1.165) is 18.5 Å². The van der Waals surface area contributed by atoms with Crippen molar-refractivity contribution in [2.24, 2.45) is 0 Å². The third-order valence-corrected chi connectivity index (χ3v) is 3.65. The minimum atomic E-state index is -0.376. The van der Waals surface area contributed by atoms with Crippen LogP contribution in [0.4, 0.5) is 11.4 Å². The monoisotopic (exact) mass is 348 g/mol. The first-order chi connectivity index (χ1) is 8.13. The average molecular weight is 348 g/mol. The smallest absolute Gasteiger partial charge is 0.282 e. The highest BCUT2D eigenvalue weighted by atomic mass is 127. The average Bonchev–Trinajstić information content (AvgIpc) is 3.09. The minimum Gasteiger partial charge on any atom is -0.395 e. The molecule has 0 aliphatic heterocycles. The number of rotatable bonds is 5. The Kier molecular flexibility index (Phi) is 3.82. The summed E-state index contributed by atoms with van der Waals surface area (Å²) in [4.78, 5) is 12.5. The van der Waals surface area contributed by atoms with E-state index in [-0.39, 0.29) is 17.2 Å². The quantitative estimate of drug-likeness (QED) is 0.503. The lowest BCUT2D eigenvalue weighted by molar-refractivity contribution is -0.385. The molecule has 92 valence electrons. The largest absolute Gasteiger partial charge is 0.395 e. The van der Waals surface area contributed by atoms with Crippen molar-refractivity contribution in [3.63, 3.8) is 0 Å². The van der Waals surface area contributed by atoms with E-state index in [1.54, 1.807) is 6.07 Å². The van der Waals surface area contributed by atoms with Crippen LogP contribution in [0, 0.1) is 13.7 Å². The van der Waals surface area contributed by atoms with E-state index >= 15 is 0 Å². The first kappa shape index (κ1) is 12.6. The van der Waals surface area contributed by atoms with Crippen LogP contribution in [0.1, 0.15) is 12.8 Å². The van der Waals surface area contributed by atoms with E-state index in [0.29, 0.717) is 16.2 Å².